The normalized spacial score (nSPS) is 15.2. The minimum atomic E-state index is -0.283. The predicted molar refractivity (Wildman–Crippen MR) is 104 cm³/mol. The number of amides is 1. The molecule has 0 saturated heterocycles. The van der Waals surface area contributed by atoms with Crippen LogP contribution >= 0.6 is 23.2 Å². The molecule has 1 amide bonds. The summed E-state index contributed by atoms with van der Waals surface area (Å²) in [7, 11) is 0. The third kappa shape index (κ3) is 3.86. The first-order chi connectivity index (χ1) is 12.1. The Morgan fingerprint density at radius 3 is 2.72 bits per heavy atom. The Labute approximate surface area is 156 Å². The molecule has 0 bridgehead atoms. The monoisotopic (exact) mass is 373 g/mol. The van der Waals surface area contributed by atoms with Gasteiger partial charge in [0.15, 0.2) is 0 Å². The summed E-state index contributed by atoms with van der Waals surface area (Å²) in [5.74, 6) is -0.283. The van der Waals surface area contributed by atoms with Gasteiger partial charge in [0.05, 0.1) is 11.4 Å². The largest absolute Gasteiger partial charge is 0.389 e. The van der Waals surface area contributed by atoms with E-state index in [1.807, 2.05) is 18.2 Å². The Morgan fingerprint density at radius 1 is 1.16 bits per heavy atom. The number of carbonyl (C=O) groups is 1. The highest BCUT2D eigenvalue weighted by Gasteiger charge is 2.23. The van der Waals surface area contributed by atoms with Gasteiger partial charge in [0.25, 0.3) is 5.91 Å². The number of nitrogens with zero attached hydrogens (tertiary/aromatic N) is 1. The third-order valence-corrected chi connectivity index (χ3v) is 4.28. The van der Waals surface area contributed by atoms with Crippen molar-refractivity contribution in [1.29, 1.82) is 0 Å². The zero-order valence-electron chi connectivity index (χ0n) is 13.6. The van der Waals surface area contributed by atoms with Crippen molar-refractivity contribution in [2.45, 2.75) is 13.3 Å². The summed E-state index contributed by atoms with van der Waals surface area (Å²) in [6, 6.07) is 12.7. The summed E-state index contributed by atoms with van der Waals surface area (Å²) in [5.41, 5.74) is 3.01. The average molecular weight is 374 g/mol. The molecule has 128 valence electrons. The molecule has 0 saturated carbocycles. The van der Waals surface area contributed by atoms with Gasteiger partial charge in [-0.25, -0.2) is 4.99 Å². The summed E-state index contributed by atoms with van der Waals surface area (Å²) in [6.45, 7) is 2.81. The van der Waals surface area contributed by atoms with Crippen molar-refractivity contribution in [3.63, 3.8) is 0 Å². The number of halogens is 2. The van der Waals surface area contributed by atoms with Gasteiger partial charge in [0.2, 0.25) is 0 Å². The second-order valence-electron chi connectivity index (χ2n) is 5.57. The Kier molecular flexibility index (Phi) is 5.41. The molecule has 0 aliphatic carbocycles. The molecule has 0 fully saturated rings. The van der Waals surface area contributed by atoms with Gasteiger partial charge in [0, 0.05) is 33.9 Å². The summed E-state index contributed by atoms with van der Waals surface area (Å²) >= 11 is 12.5. The maximum atomic E-state index is 12.5. The topological polar surface area (TPSA) is 53.5 Å². The molecule has 0 aromatic heterocycles. The maximum absolute atomic E-state index is 12.5. The number of carbonyl (C=O) groups excluding carboxylic acids is 1. The van der Waals surface area contributed by atoms with Crippen molar-refractivity contribution >= 4 is 40.5 Å². The summed E-state index contributed by atoms with van der Waals surface area (Å²) < 4.78 is 0. The molecular weight excluding hydrogens is 357 g/mol. The summed E-state index contributed by atoms with van der Waals surface area (Å²) in [4.78, 5) is 17.1. The van der Waals surface area contributed by atoms with Gasteiger partial charge in [0.1, 0.15) is 5.70 Å². The lowest BCUT2D eigenvalue weighted by Gasteiger charge is -2.11. The van der Waals surface area contributed by atoms with Gasteiger partial charge in [-0.3, -0.25) is 4.79 Å². The van der Waals surface area contributed by atoms with Gasteiger partial charge >= 0.3 is 0 Å². The first-order valence-electron chi connectivity index (χ1n) is 7.98. The smallest absolute Gasteiger partial charge is 0.275 e. The van der Waals surface area contributed by atoms with Crippen LogP contribution in [0.4, 0.5) is 5.69 Å². The fourth-order valence-electron chi connectivity index (χ4n) is 2.51. The first-order valence-corrected chi connectivity index (χ1v) is 8.74. The van der Waals surface area contributed by atoms with Crippen LogP contribution in [0.5, 0.6) is 0 Å². The van der Waals surface area contributed by atoms with E-state index in [0.29, 0.717) is 21.4 Å². The lowest BCUT2D eigenvalue weighted by molar-refractivity contribution is -0.112. The number of hydrogen-bond donors (Lipinski definition) is 2. The van der Waals surface area contributed by atoms with E-state index in [1.54, 1.807) is 30.5 Å². The summed E-state index contributed by atoms with van der Waals surface area (Å²) in [5, 5.41) is 7.10. The van der Waals surface area contributed by atoms with E-state index < -0.39 is 0 Å². The fourth-order valence-corrected chi connectivity index (χ4v) is 2.91. The Hall–Kier alpha value is -2.30. The van der Waals surface area contributed by atoms with Crippen molar-refractivity contribution in [2.75, 3.05) is 11.9 Å². The molecule has 0 unspecified atom stereocenters. The van der Waals surface area contributed by atoms with Gasteiger partial charge in [-0.2, -0.15) is 0 Å². The molecule has 4 nitrogen and oxygen atoms in total. The molecule has 0 atom stereocenters. The minimum absolute atomic E-state index is 0.283. The van der Waals surface area contributed by atoms with Crippen LogP contribution in [0.1, 0.15) is 24.5 Å². The van der Waals surface area contributed by atoms with Gasteiger partial charge < -0.3 is 10.6 Å². The molecule has 25 heavy (non-hydrogen) atoms. The standard InChI is InChI=1S/C19H17Cl2N3O/c1-2-9-22-11-17-19(25)24-16-8-7-12(20)10-14(16)18(23-17)13-5-3-4-6-15(13)21/h3-8,10-11,22H,2,9H2,1H3,(H,24,25). The second-order valence-corrected chi connectivity index (χ2v) is 6.41. The summed E-state index contributed by atoms with van der Waals surface area (Å²) in [6.07, 6.45) is 2.57. The number of benzene rings is 2. The highest BCUT2D eigenvalue weighted by atomic mass is 35.5. The molecule has 1 aliphatic rings. The van der Waals surface area contributed by atoms with E-state index in [-0.39, 0.29) is 11.6 Å². The highest BCUT2D eigenvalue weighted by molar-refractivity contribution is 6.37. The molecule has 2 N–H and O–H groups in total. The molecule has 0 radical (unpaired) electrons. The Morgan fingerprint density at radius 2 is 1.96 bits per heavy atom. The van der Waals surface area contributed by atoms with E-state index in [2.05, 4.69) is 22.5 Å². The molecule has 2 aromatic carbocycles. The molecule has 6 heteroatoms. The van der Waals surface area contributed by atoms with Crippen LogP contribution in [-0.2, 0) is 4.79 Å². The SMILES string of the molecule is CCCNC=C1N=C(c2ccccc2Cl)c2cc(Cl)ccc2NC1=O. The van der Waals surface area contributed by atoms with Crippen molar-refractivity contribution in [1.82, 2.24) is 5.32 Å². The van der Waals surface area contributed by atoms with E-state index in [0.717, 1.165) is 24.1 Å². The number of anilines is 1. The van der Waals surface area contributed by atoms with E-state index >= 15 is 0 Å². The first kappa shape index (κ1) is 17.5. The molecular formula is C19H17Cl2N3O. The van der Waals surface area contributed by atoms with Crippen molar-refractivity contribution in [2.24, 2.45) is 4.99 Å². The molecule has 3 rings (SSSR count). The quantitative estimate of drug-likeness (QED) is 0.606. The van der Waals surface area contributed by atoms with Crippen LogP contribution < -0.4 is 10.6 Å². The van der Waals surface area contributed by atoms with E-state index in [1.165, 1.54) is 0 Å². The maximum Gasteiger partial charge on any atom is 0.275 e. The zero-order valence-corrected chi connectivity index (χ0v) is 15.2. The van der Waals surface area contributed by atoms with Crippen molar-refractivity contribution in [3.8, 4) is 0 Å². The van der Waals surface area contributed by atoms with Crippen LogP contribution in [0.2, 0.25) is 10.0 Å². The van der Waals surface area contributed by atoms with Crippen molar-refractivity contribution in [3.05, 3.63) is 75.5 Å². The molecule has 0 spiro atoms. The third-order valence-electron chi connectivity index (χ3n) is 3.71. The highest BCUT2D eigenvalue weighted by Crippen LogP contribution is 2.30. The van der Waals surface area contributed by atoms with Crippen LogP contribution in [0.15, 0.2) is 59.4 Å². The number of hydrogen-bond acceptors (Lipinski definition) is 3. The average Bonchev–Trinajstić information content (AvgIpc) is 2.73. The molecule has 1 aliphatic heterocycles. The molecule has 1 heterocycles. The van der Waals surface area contributed by atoms with Gasteiger partial charge in [-0.15, -0.1) is 0 Å². The van der Waals surface area contributed by atoms with E-state index in [9.17, 15) is 4.79 Å². The van der Waals surface area contributed by atoms with E-state index in [4.69, 9.17) is 23.2 Å². The van der Waals surface area contributed by atoms with Gasteiger partial charge in [-0.05, 0) is 30.7 Å². The minimum Gasteiger partial charge on any atom is -0.389 e. The van der Waals surface area contributed by atoms with Crippen molar-refractivity contribution < 1.29 is 4.79 Å². The van der Waals surface area contributed by atoms with Gasteiger partial charge in [-0.1, -0.05) is 48.3 Å². The lowest BCUT2D eigenvalue weighted by Crippen LogP contribution is -2.16. The predicted octanol–water partition coefficient (Wildman–Crippen LogP) is 4.62. The van der Waals surface area contributed by atoms with Crippen LogP contribution in [0.3, 0.4) is 0 Å². The molecule has 2 aromatic rings. The zero-order chi connectivity index (χ0) is 17.8. The number of aliphatic imine (C=N–C) groups is 1. The van der Waals surface area contributed by atoms with Crippen LogP contribution in [-0.4, -0.2) is 18.2 Å². The number of nitrogens with one attached hydrogen (secondary N) is 2. The van der Waals surface area contributed by atoms with Crippen LogP contribution in [0.25, 0.3) is 0 Å². The Bertz CT molecular complexity index is 875. The number of benzodiazepines with no additional fused rings is 1. The number of fused-ring (bicyclic) bond motifs is 1. The lowest BCUT2D eigenvalue weighted by atomic mass is 10.0. The number of rotatable bonds is 4. The second kappa shape index (κ2) is 7.72. The fraction of sp³-hybridized carbons (Fsp3) is 0.158. The van der Waals surface area contributed by atoms with Crippen LogP contribution in [0, 0.1) is 0 Å². The Balaban J connectivity index is 2.19.